The molecule has 0 heterocycles. The predicted octanol–water partition coefficient (Wildman–Crippen LogP) is 12.2. The minimum Gasteiger partial charge on any atom is -0.394 e. The summed E-state index contributed by atoms with van der Waals surface area (Å²) >= 11 is 0. The summed E-state index contributed by atoms with van der Waals surface area (Å²) in [5.41, 5.74) is 0. The normalized spacial score (nSPS) is 13.4. The Labute approximate surface area is 287 Å². The first-order valence-electron chi connectivity index (χ1n) is 20.2. The zero-order chi connectivity index (χ0) is 33.6. The zero-order valence-electron chi connectivity index (χ0n) is 30.8. The number of amides is 1. The quantitative estimate of drug-likeness (QED) is 0.0469. The highest BCUT2D eigenvalue weighted by atomic mass is 16.3. The molecule has 0 bridgehead atoms. The molecule has 0 saturated carbocycles. The van der Waals surface area contributed by atoms with Crippen LogP contribution in [-0.4, -0.2) is 34.9 Å². The van der Waals surface area contributed by atoms with Crippen molar-refractivity contribution in [3.8, 4) is 0 Å². The molecule has 2 atom stereocenters. The molecule has 0 rings (SSSR count). The molecule has 0 spiro atoms. The first kappa shape index (κ1) is 44.6. The highest BCUT2D eigenvalue weighted by molar-refractivity contribution is 5.76. The van der Waals surface area contributed by atoms with Gasteiger partial charge in [0.25, 0.3) is 0 Å². The molecule has 0 fully saturated rings. The molecule has 0 saturated heterocycles. The van der Waals surface area contributed by atoms with Gasteiger partial charge in [0, 0.05) is 6.42 Å². The van der Waals surface area contributed by atoms with Crippen LogP contribution in [0, 0.1) is 0 Å². The molecule has 1 amide bonds. The molecule has 46 heavy (non-hydrogen) atoms. The topological polar surface area (TPSA) is 69.6 Å². The predicted molar refractivity (Wildman–Crippen MR) is 202 cm³/mol. The second kappa shape index (κ2) is 38.1. The SMILES string of the molecule is CCCCCCCCC/C=C/CC/C=C/CC/C=C/C(O)C(CO)NC(=O)CCCCCCCCCCCCCCCCCCC. The molecule has 0 aromatic heterocycles. The fourth-order valence-electron chi connectivity index (χ4n) is 5.97. The Hall–Kier alpha value is -1.39. The number of allylic oxidation sites excluding steroid dienone is 5. The molecular formula is C42H79NO3. The average molecular weight is 646 g/mol. The van der Waals surface area contributed by atoms with Crippen molar-refractivity contribution >= 4 is 5.91 Å². The van der Waals surface area contributed by atoms with Crippen LogP contribution < -0.4 is 5.32 Å². The lowest BCUT2D eigenvalue weighted by Gasteiger charge is -2.19. The monoisotopic (exact) mass is 646 g/mol. The van der Waals surface area contributed by atoms with Gasteiger partial charge in [0.2, 0.25) is 5.91 Å². The number of carbonyl (C=O) groups is 1. The minimum absolute atomic E-state index is 0.0770. The van der Waals surface area contributed by atoms with E-state index in [-0.39, 0.29) is 12.5 Å². The van der Waals surface area contributed by atoms with Crippen molar-refractivity contribution in [2.24, 2.45) is 0 Å². The van der Waals surface area contributed by atoms with E-state index in [0.717, 1.165) is 38.5 Å². The van der Waals surface area contributed by atoms with E-state index < -0.39 is 12.1 Å². The van der Waals surface area contributed by atoms with Crippen LogP contribution in [0.5, 0.6) is 0 Å². The lowest BCUT2D eigenvalue weighted by atomic mass is 10.0. The van der Waals surface area contributed by atoms with E-state index in [1.807, 2.05) is 6.08 Å². The van der Waals surface area contributed by atoms with Crippen molar-refractivity contribution in [2.45, 2.75) is 219 Å². The summed E-state index contributed by atoms with van der Waals surface area (Å²) in [4.78, 5) is 12.3. The maximum absolute atomic E-state index is 12.3. The van der Waals surface area contributed by atoms with Crippen LogP contribution in [-0.2, 0) is 4.79 Å². The summed E-state index contributed by atoms with van der Waals surface area (Å²) in [5.74, 6) is -0.0770. The van der Waals surface area contributed by atoms with Gasteiger partial charge in [-0.3, -0.25) is 4.79 Å². The highest BCUT2D eigenvalue weighted by Gasteiger charge is 2.17. The molecule has 0 aliphatic heterocycles. The number of aliphatic hydroxyl groups excluding tert-OH is 2. The van der Waals surface area contributed by atoms with Gasteiger partial charge in [-0.05, 0) is 44.9 Å². The van der Waals surface area contributed by atoms with E-state index in [1.54, 1.807) is 6.08 Å². The van der Waals surface area contributed by atoms with E-state index in [1.165, 1.54) is 148 Å². The summed E-state index contributed by atoms with van der Waals surface area (Å²) in [5, 5.41) is 22.9. The van der Waals surface area contributed by atoms with Crippen LogP contribution in [0.15, 0.2) is 36.5 Å². The summed E-state index contributed by atoms with van der Waals surface area (Å²) in [6.45, 7) is 4.29. The van der Waals surface area contributed by atoms with Crippen LogP contribution in [0.2, 0.25) is 0 Å². The van der Waals surface area contributed by atoms with Gasteiger partial charge in [0.15, 0.2) is 0 Å². The molecule has 0 radical (unpaired) electrons. The Morgan fingerprint density at radius 2 is 0.848 bits per heavy atom. The molecule has 3 N–H and O–H groups in total. The van der Waals surface area contributed by atoms with E-state index in [0.29, 0.717) is 6.42 Å². The lowest BCUT2D eigenvalue weighted by Crippen LogP contribution is -2.45. The summed E-state index contributed by atoms with van der Waals surface area (Å²) in [6.07, 6.45) is 49.5. The van der Waals surface area contributed by atoms with Crippen LogP contribution in [0.1, 0.15) is 206 Å². The van der Waals surface area contributed by atoms with Crippen molar-refractivity contribution in [1.29, 1.82) is 0 Å². The molecule has 270 valence electrons. The van der Waals surface area contributed by atoms with E-state index in [2.05, 4.69) is 43.5 Å². The molecule has 0 aromatic rings. The molecule has 2 unspecified atom stereocenters. The van der Waals surface area contributed by atoms with Crippen LogP contribution >= 0.6 is 0 Å². The number of rotatable bonds is 36. The fourth-order valence-corrected chi connectivity index (χ4v) is 5.97. The third-order valence-corrected chi connectivity index (χ3v) is 9.10. The van der Waals surface area contributed by atoms with Crippen molar-refractivity contribution < 1.29 is 15.0 Å². The molecule has 0 aliphatic carbocycles. The Kier molecular flexibility index (Phi) is 36.9. The number of hydrogen-bond acceptors (Lipinski definition) is 3. The maximum atomic E-state index is 12.3. The van der Waals surface area contributed by atoms with Gasteiger partial charge in [0.1, 0.15) is 0 Å². The minimum atomic E-state index is -0.866. The van der Waals surface area contributed by atoms with Crippen molar-refractivity contribution in [1.82, 2.24) is 5.32 Å². The zero-order valence-corrected chi connectivity index (χ0v) is 30.8. The van der Waals surface area contributed by atoms with E-state index in [4.69, 9.17) is 0 Å². The van der Waals surface area contributed by atoms with Crippen LogP contribution in [0.25, 0.3) is 0 Å². The Bertz CT molecular complexity index is 701. The van der Waals surface area contributed by atoms with Crippen molar-refractivity contribution in [3.63, 3.8) is 0 Å². The van der Waals surface area contributed by atoms with Crippen LogP contribution in [0.3, 0.4) is 0 Å². The average Bonchev–Trinajstić information content (AvgIpc) is 3.06. The number of carbonyl (C=O) groups excluding carboxylic acids is 1. The first-order valence-corrected chi connectivity index (χ1v) is 20.2. The number of hydrogen-bond donors (Lipinski definition) is 3. The fraction of sp³-hybridized carbons (Fsp3) is 0.833. The summed E-state index contributed by atoms with van der Waals surface area (Å²) in [6, 6.07) is -0.641. The Morgan fingerprint density at radius 1 is 0.500 bits per heavy atom. The first-order chi connectivity index (χ1) is 22.7. The Morgan fingerprint density at radius 3 is 1.26 bits per heavy atom. The van der Waals surface area contributed by atoms with Gasteiger partial charge in [0.05, 0.1) is 18.8 Å². The van der Waals surface area contributed by atoms with Crippen LogP contribution in [0.4, 0.5) is 0 Å². The molecule has 4 heteroatoms. The van der Waals surface area contributed by atoms with Gasteiger partial charge in [-0.2, -0.15) is 0 Å². The third kappa shape index (κ3) is 34.0. The van der Waals surface area contributed by atoms with Gasteiger partial charge >= 0.3 is 0 Å². The molecule has 0 aromatic carbocycles. The number of aliphatic hydroxyl groups is 2. The van der Waals surface area contributed by atoms with Gasteiger partial charge in [-0.1, -0.05) is 192 Å². The largest absolute Gasteiger partial charge is 0.394 e. The Balaban J connectivity index is 3.65. The van der Waals surface area contributed by atoms with Crippen molar-refractivity contribution in [2.75, 3.05) is 6.61 Å². The molecule has 0 aliphatic rings. The third-order valence-electron chi connectivity index (χ3n) is 9.10. The highest BCUT2D eigenvalue weighted by Crippen LogP contribution is 2.15. The standard InChI is InChI=1S/C42H79NO3/c1-3-5-7-9-11-13-15-17-19-21-23-25-27-29-31-33-35-37-41(45)40(39-44)43-42(46)38-36-34-32-30-28-26-24-22-20-18-16-14-12-10-8-6-4-2/h19,21,27,29,35,37,40-41,44-45H,3-18,20,22-26,28,30-34,36,38-39H2,1-2H3,(H,43,46)/b21-19+,29-27+,37-35+. The van der Waals surface area contributed by atoms with E-state index >= 15 is 0 Å². The summed E-state index contributed by atoms with van der Waals surface area (Å²) < 4.78 is 0. The number of unbranched alkanes of at least 4 members (excludes halogenated alkanes) is 25. The summed E-state index contributed by atoms with van der Waals surface area (Å²) in [7, 11) is 0. The second-order valence-corrected chi connectivity index (χ2v) is 13.7. The maximum Gasteiger partial charge on any atom is 0.220 e. The van der Waals surface area contributed by atoms with Gasteiger partial charge in [-0.25, -0.2) is 0 Å². The molecular weight excluding hydrogens is 566 g/mol. The molecule has 4 nitrogen and oxygen atoms in total. The lowest BCUT2D eigenvalue weighted by molar-refractivity contribution is -0.123. The van der Waals surface area contributed by atoms with Crippen molar-refractivity contribution in [3.05, 3.63) is 36.5 Å². The smallest absolute Gasteiger partial charge is 0.220 e. The van der Waals surface area contributed by atoms with Gasteiger partial charge in [-0.15, -0.1) is 0 Å². The number of nitrogens with one attached hydrogen (secondary N) is 1. The van der Waals surface area contributed by atoms with Gasteiger partial charge < -0.3 is 15.5 Å². The second-order valence-electron chi connectivity index (χ2n) is 13.7. The van der Waals surface area contributed by atoms with E-state index in [9.17, 15) is 15.0 Å².